The van der Waals surface area contributed by atoms with Crippen LogP contribution in [-0.4, -0.2) is 33.4 Å². The van der Waals surface area contributed by atoms with Gasteiger partial charge in [-0.15, -0.1) is 5.10 Å². The molecule has 0 aliphatic carbocycles. The normalized spacial score (nSPS) is 10.9. The molecule has 0 saturated heterocycles. The Bertz CT molecular complexity index is 720. The first-order chi connectivity index (χ1) is 8.35. The SMILES string of the molecule is COc1cccc2cc(C=O)c3nnnn3c12. The van der Waals surface area contributed by atoms with E-state index in [1.807, 2.05) is 18.2 Å². The van der Waals surface area contributed by atoms with Crippen molar-refractivity contribution < 1.29 is 9.53 Å². The van der Waals surface area contributed by atoms with E-state index in [0.29, 0.717) is 17.0 Å². The predicted octanol–water partition coefficient (Wildman–Crippen LogP) is 1.10. The number of methoxy groups -OCH3 is 1. The number of benzene rings is 1. The number of carbonyl (C=O) groups is 1. The Hall–Kier alpha value is -2.50. The van der Waals surface area contributed by atoms with Crippen molar-refractivity contribution in [2.75, 3.05) is 7.11 Å². The smallest absolute Gasteiger partial charge is 0.190 e. The Morgan fingerprint density at radius 2 is 2.29 bits per heavy atom. The van der Waals surface area contributed by atoms with E-state index in [1.165, 1.54) is 4.52 Å². The van der Waals surface area contributed by atoms with Crippen molar-refractivity contribution in [2.45, 2.75) is 0 Å². The number of hydrogen-bond donors (Lipinski definition) is 0. The van der Waals surface area contributed by atoms with E-state index in [2.05, 4.69) is 15.5 Å². The van der Waals surface area contributed by atoms with Crippen molar-refractivity contribution in [3.05, 3.63) is 29.8 Å². The van der Waals surface area contributed by atoms with E-state index in [9.17, 15) is 4.79 Å². The average molecular weight is 228 g/mol. The van der Waals surface area contributed by atoms with Crippen LogP contribution in [0.3, 0.4) is 0 Å². The molecule has 3 rings (SSSR count). The van der Waals surface area contributed by atoms with E-state index >= 15 is 0 Å². The molecule has 0 spiro atoms. The monoisotopic (exact) mass is 228 g/mol. The minimum Gasteiger partial charge on any atom is -0.494 e. The number of aldehydes is 1. The summed E-state index contributed by atoms with van der Waals surface area (Å²) in [6, 6.07) is 7.30. The third-order valence-electron chi connectivity index (χ3n) is 2.63. The summed E-state index contributed by atoms with van der Waals surface area (Å²) in [5, 5.41) is 12.1. The summed E-state index contributed by atoms with van der Waals surface area (Å²) in [5.74, 6) is 0.664. The number of rotatable bonds is 2. The van der Waals surface area contributed by atoms with Crippen molar-refractivity contribution in [2.24, 2.45) is 0 Å². The van der Waals surface area contributed by atoms with Gasteiger partial charge < -0.3 is 4.74 Å². The molecule has 6 heteroatoms. The van der Waals surface area contributed by atoms with Crippen molar-refractivity contribution in [1.82, 2.24) is 20.0 Å². The number of aromatic nitrogens is 4. The zero-order valence-electron chi connectivity index (χ0n) is 8.99. The second-order valence-electron chi connectivity index (χ2n) is 3.53. The standard InChI is InChI=1S/C11H8N4O2/c1-17-9-4-2-3-7-5-8(6-16)11-12-13-14-15(11)10(7)9/h2-6H,1H3. The number of tetrazole rings is 1. The molecule has 0 unspecified atom stereocenters. The Kier molecular flexibility index (Phi) is 2.01. The van der Waals surface area contributed by atoms with Crippen LogP contribution >= 0.6 is 0 Å². The molecule has 0 fully saturated rings. The van der Waals surface area contributed by atoms with Crippen LogP contribution in [0.5, 0.6) is 5.75 Å². The third kappa shape index (κ3) is 1.27. The van der Waals surface area contributed by atoms with Gasteiger partial charge in [0.25, 0.3) is 0 Å². The van der Waals surface area contributed by atoms with Gasteiger partial charge in [-0.05, 0) is 22.6 Å². The maximum Gasteiger partial charge on any atom is 0.190 e. The number of nitrogens with zero attached hydrogens (tertiary/aromatic N) is 4. The highest BCUT2D eigenvalue weighted by Gasteiger charge is 2.12. The lowest BCUT2D eigenvalue weighted by atomic mass is 10.1. The second kappa shape index (κ2) is 3.51. The molecule has 0 aliphatic rings. The summed E-state index contributed by atoms with van der Waals surface area (Å²) in [6.07, 6.45) is 0.741. The Balaban J connectivity index is 2.59. The number of carbonyl (C=O) groups excluding carboxylic acids is 1. The van der Waals surface area contributed by atoms with Gasteiger partial charge in [0.2, 0.25) is 0 Å². The van der Waals surface area contributed by atoms with E-state index in [1.54, 1.807) is 13.2 Å². The van der Waals surface area contributed by atoms with Gasteiger partial charge in [-0.2, -0.15) is 4.52 Å². The van der Waals surface area contributed by atoms with Gasteiger partial charge >= 0.3 is 0 Å². The first-order valence-corrected chi connectivity index (χ1v) is 4.98. The zero-order valence-corrected chi connectivity index (χ0v) is 8.99. The quantitative estimate of drug-likeness (QED) is 0.614. The van der Waals surface area contributed by atoms with Crippen LogP contribution < -0.4 is 4.74 Å². The summed E-state index contributed by atoms with van der Waals surface area (Å²) in [7, 11) is 1.58. The van der Waals surface area contributed by atoms with Crippen molar-refractivity contribution in [3.8, 4) is 5.75 Å². The van der Waals surface area contributed by atoms with Gasteiger partial charge in [0.15, 0.2) is 11.9 Å². The van der Waals surface area contributed by atoms with Crippen LogP contribution in [0.1, 0.15) is 10.4 Å². The van der Waals surface area contributed by atoms with E-state index in [4.69, 9.17) is 4.74 Å². The molecule has 84 valence electrons. The molecule has 0 atom stereocenters. The van der Waals surface area contributed by atoms with Gasteiger partial charge in [-0.3, -0.25) is 4.79 Å². The van der Waals surface area contributed by atoms with E-state index in [0.717, 1.165) is 17.2 Å². The Morgan fingerprint density at radius 1 is 1.41 bits per heavy atom. The summed E-state index contributed by atoms with van der Waals surface area (Å²) in [4.78, 5) is 11.0. The lowest BCUT2D eigenvalue weighted by molar-refractivity contribution is 0.112. The third-order valence-corrected chi connectivity index (χ3v) is 2.63. The van der Waals surface area contributed by atoms with Crippen LogP contribution in [0, 0.1) is 0 Å². The van der Waals surface area contributed by atoms with E-state index < -0.39 is 0 Å². The lowest BCUT2D eigenvalue weighted by Gasteiger charge is -2.06. The highest BCUT2D eigenvalue weighted by molar-refractivity contribution is 5.95. The molecule has 17 heavy (non-hydrogen) atoms. The molecule has 6 nitrogen and oxygen atoms in total. The number of pyridine rings is 1. The number of hydrogen-bond acceptors (Lipinski definition) is 5. The topological polar surface area (TPSA) is 69.4 Å². The molecule has 0 aliphatic heterocycles. The molecular formula is C11H8N4O2. The largest absolute Gasteiger partial charge is 0.494 e. The van der Waals surface area contributed by atoms with Gasteiger partial charge in [0.1, 0.15) is 11.3 Å². The first-order valence-electron chi connectivity index (χ1n) is 4.98. The molecule has 0 amide bonds. The zero-order chi connectivity index (χ0) is 11.8. The number of ether oxygens (including phenoxy) is 1. The highest BCUT2D eigenvalue weighted by Crippen LogP contribution is 2.26. The fourth-order valence-corrected chi connectivity index (χ4v) is 1.88. The molecule has 0 N–H and O–H groups in total. The van der Waals surface area contributed by atoms with Crippen LogP contribution in [-0.2, 0) is 0 Å². The lowest BCUT2D eigenvalue weighted by Crippen LogP contribution is -1.98. The second-order valence-corrected chi connectivity index (χ2v) is 3.53. The van der Waals surface area contributed by atoms with Crippen LogP contribution in [0.2, 0.25) is 0 Å². The van der Waals surface area contributed by atoms with E-state index in [-0.39, 0.29) is 0 Å². The summed E-state index contributed by atoms with van der Waals surface area (Å²) in [6.45, 7) is 0. The molecule has 3 aromatic rings. The van der Waals surface area contributed by atoms with Crippen molar-refractivity contribution >= 4 is 22.8 Å². The summed E-state index contributed by atoms with van der Waals surface area (Å²) in [5.41, 5.74) is 1.63. The molecule has 0 saturated carbocycles. The summed E-state index contributed by atoms with van der Waals surface area (Å²) < 4.78 is 6.79. The number of fused-ring (bicyclic) bond motifs is 3. The molecule has 2 heterocycles. The minimum absolute atomic E-state index is 0.428. The van der Waals surface area contributed by atoms with Crippen molar-refractivity contribution in [1.29, 1.82) is 0 Å². The Labute approximate surface area is 95.8 Å². The first kappa shape index (κ1) is 9.71. The molecule has 0 radical (unpaired) electrons. The summed E-state index contributed by atoms with van der Waals surface area (Å²) >= 11 is 0. The van der Waals surface area contributed by atoms with Crippen LogP contribution in [0.4, 0.5) is 0 Å². The number of para-hydroxylation sites is 1. The maximum absolute atomic E-state index is 11.0. The fraction of sp³-hybridized carbons (Fsp3) is 0.0909. The van der Waals surface area contributed by atoms with Crippen LogP contribution in [0.25, 0.3) is 16.6 Å². The predicted molar refractivity (Wildman–Crippen MR) is 60.2 cm³/mol. The van der Waals surface area contributed by atoms with Crippen molar-refractivity contribution in [3.63, 3.8) is 0 Å². The molecule has 1 aromatic carbocycles. The van der Waals surface area contributed by atoms with Gasteiger partial charge in [0.05, 0.1) is 12.7 Å². The molecule has 0 bridgehead atoms. The average Bonchev–Trinajstić information content (AvgIpc) is 2.86. The van der Waals surface area contributed by atoms with Crippen LogP contribution in [0.15, 0.2) is 24.3 Å². The molecular weight excluding hydrogens is 220 g/mol. The highest BCUT2D eigenvalue weighted by atomic mass is 16.5. The minimum atomic E-state index is 0.428. The Morgan fingerprint density at radius 3 is 3.06 bits per heavy atom. The molecule has 2 aromatic heterocycles. The van der Waals surface area contributed by atoms with Gasteiger partial charge in [-0.1, -0.05) is 12.1 Å². The van der Waals surface area contributed by atoms with Gasteiger partial charge in [0, 0.05) is 5.39 Å². The maximum atomic E-state index is 11.0. The van der Waals surface area contributed by atoms with Gasteiger partial charge in [-0.25, -0.2) is 0 Å². The fourth-order valence-electron chi connectivity index (χ4n) is 1.88.